The molecule has 0 aliphatic heterocycles. The van der Waals surface area contributed by atoms with Gasteiger partial charge in [0.05, 0.1) is 0 Å². The fourth-order valence-electron chi connectivity index (χ4n) is 2.54. The van der Waals surface area contributed by atoms with Crippen molar-refractivity contribution in [3.8, 4) is 0 Å². The molecule has 0 aliphatic carbocycles. The molecular formula is C17H33NO4. The number of unbranched alkanes of at least 4 members (excludes halogenated alkanes) is 12. The van der Waals surface area contributed by atoms with Crippen LogP contribution in [0.2, 0.25) is 0 Å². The second-order valence-electron chi connectivity index (χ2n) is 5.97. The van der Waals surface area contributed by atoms with E-state index in [4.69, 9.17) is 10.2 Å². The molecule has 0 saturated heterocycles. The van der Waals surface area contributed by atoms with Crippen LogP contribution in [0, 0.1) is 0 Å². The van der Waals surface area contributed by atoms with E-state index in [1.165, 1.54) is 51.4 Å². The number of hydrogen-bond donors (Lipinski definition) is 3. The summed E-state index contributed by atoms with van der Waals surface area (Å²) in [4.78, 5) is 20.6. The highest BCUT2D eigenvalue weighted by molar-refractivity contribution is 5.66. The van der Waals surface area contributed by atoms with Crippen molar-refractivity contribution in [2.24, 2.45) is 0 Å². The first-order valence-electron chi connectivity index (χ1n) is 8.81. The van der Waals surface area contributed by atoms with E-state index in [2.05, 4.69) is 5.32 Å². The highest BCUT2D eigenvalue weighted by Crippen LogP contribution is 2.12. The molecular weight excluding hydrogens is 282 g/mol. The van der Waals surface area contributed by atoms with Crippen LogP contribution in [0.25, 0.3) is 0 Å². The van der Waals surface area contributed by atoms with Gasteiger partial charge < -0.3 is 15.5 Å². The number of carboxylic acid groups (broad SMARTS) is 2. The lowest BCUT2D eigenvalue weighted by molar-refractivity contribution is -0.137. The standard InChI is InChI=1S/C17H33NO4/c19-16(20)14-12-10-8-6-4-2-1-3-5-7-9-11-13-15-18-17(21)22/h18H,1-15H2,(H,19,20)(H,21,22). The topological polar surface area (TPSA) is 86.6 Å². The first kappa shape index (κ1) is 20.7. The maximum absolute atomic E-state index is 10.3. The molecule has 0 saturated carbocycles. The van der Waals surface area contributed by atoms with E-state index in [1.807, 2.05) is 0 Å². The van der Waals surface area contributed by atoms with Crippen molar-refractivity contribution in [1.29, 1.82) is 0 Å². The number of rotatable bonds is 16. The summed E-state index contributed by atoms with van der Waals surface area (Å²) in [7, 11) is 0. The Morgan fingerprint density at radius 2 is 0.955 bits per heavy atom. The Morgan fingerprint density at radius 1 is 0.591 bits per heavy atom. The number of carbonyl (C=O) groups is 2. The fraction of sp³-hybridized carbons (Fsp3) is 0.882. The molecule has 5 nitrogen and oxygen atoms in total. The van der Waals surface area contributed by atoms with Gasteiger partial charge in [-0.2, -0.15) is 0 Å². The van der Waals surface area contributed by atoms with Gasteiger partial charge in [0.25, 0.3) is 0 Å². The van der Waals surface area contributed by atoms with E-state index in [1.54, 1.807) is 0 Å². The second kappa shape index (κ2) is 16.1. The van der Waals surface area contributed by atoms with Crippen molar-refractivity contribution in [2.75, 3.05) is 6.54 Å². The van der Waals surface area contributed by atoms with Crippen molar-refractivity contribution in [1.82, 2.24) is 5.32 Å². The summed E-state index contributed by atoms with van der Waals surface area (Å²) in [6, 6.07) is 0. The first-order valence-corrected chi connectivity index (χ1v) is 8.81. The van der Waals surface area contributed by atoms with Gasteiger partial charge in [0.1, 0.15) is 0 Å². The molecule has 3 N–H and O–H groups in total. The highest BCUT2D eigenvalue weighted by atomic mass is 16.4. The molecule has 0 unspecified atom stereocenters. The Bertz CT molecular complexity index is 254. The van der Waals surface area contributed by atoms with E-state index >= 15 is 0 Å². The van der Waals surface area contributed by atoms with Crippen molar-refractivity contribution < 1.29 is 19.8 Å². The van der Waals surface area contributed by atoms with Gasteiger partial charge in [-0.25, -0.2) is 4.79 Å². The van der Waals surface area contributed by atoms with Crippen LogP contribution in [0.3, 0.4) is 0 Å². The van der Waals surface area contributed by atoms with Crippen molar-refractivity contribution in [2.45, 2.75) is 89.9 Å². The Labute approximate surface area is 134 Å². The quantitative estimate of drug-likeness (QED) is 0.357. The van der Waals surface area contributed by atoms with Gasteiger partial charge in [0.15, 0.2) is 0 Å². The monoisotopic (exact) mass is 315 g/mol. The molecule has 5 heteroatoms. The Hall–Kier alpha value is -1.26. The molecule has 0 atom stereocenters. The zero-order chi connectivity index (χ0) is 16.5. The van der Waals surface area contributed by atoms with Crippen LogP contribution in [0.1, 0.15) is 89.9 Å². The van der Waals surface area contributed by atoms with Crippen LogP contribution in [0.15, 0.2) is 0 Å². The molecule has 0 aromatic carbocycles. The molecule has 130 valence electrons. The van der Waals surface area contributed by atoms with Crippen molar-refractivity contribution >= 4 is 12.1 Å². The maximum atomic E-state index is 10.3. The number of amides is 1. The van der Waals surface area contributed by atoms with E-state index in [0.29, 0.717) is 13.0 Å². The third-order valence-electron chi connectivity index (χ3n) is 3.84. The molecule has 0 rings (SSSR count). The molecule has 22 heavy (non-hydrogen) atoms. The number of hydrogen-bond acceptors (Lipinski definition) is 2. The molecule has 0 radical (unpaired) electrons. The van der Waals surface area contributed by atoms with Crippen LogP contribution < -0.4 is 5.32 Å². The average Bonchev–Trinajstić information content (AvgIpc) is 2.46. The summed E-state index contributed by atoms with van der Waals surface area (Å²) in [6.45, 7) is 0.571. The van der Waals surface area contributed by atoms with Gasteiger partial charge >= 0.3 is 12.1 Å². The molecule has 0 aliphatic rings. The first-order chi connectivity index (χ1) is 10.6. The predicted octanol–water partition coefficient (Wildman–Crippen LogP) is 4.80. The van der Waals surface area contributed by atoms with Crippen LogP contribution in [-0.4, -0.2) is 28.8 Å². The third kappa shape index (κ3) is 18.7. The molecule has 1 amide bonds. The Morgan fingerprint density at radius 3 is 1.32 bits per heavy atom. The highest BCUT2D eigenvalue weighted by Gasteiger charge is 1.97. The lowest BCUT2D eigenvalue weighted by Crippen LogP contribution is -2.21. The summed E-state index contributed by atoms with van der Waals surface area (Å²) >= 11 is 0. The Balaban J connectivity index is 2.99. The SMILES string of the molecule is O=C(O)CCCCCCCCCCCCCCCNC(=O)O. The molecule has 0 bridgehead atoms. The smallest absolute Gasteiger partial charge is 0.404 e. The van der Waals surface area contributed by atoms with Gasteiger partial charge in [-0.1, -0.05) is 70.6 Å². The molecule has 0 spiro atoms. The second-order valence-corrected chi connectivity index (χ2v) is 5.97. The van der Waals surface area contributed by atoms with Crippen molar-refractivity contribution in [3.63, 3.8) is 0 Å². The third-order valence-corrected chi connectivity index (χ3v) is 3.84. The van der Waals surface area contributed by atoms with Gasteiger partial charge in [-0.05, 0) is 12.8 Å². The maximum Gasteiger partial charge on any atom is 0.404 e. The summed E-state index contributed by atoms with van der Waals surface area (Å²) in [6.07, 6.45) is 14.6. The van der Waals surface area contributed by atoms with E-state index in [9.17, 15) is 9.59 Å². The molecule has 0 aromatic rings. The molecule has 0 aromatic heterocycles. The fourth-order valence-corrected chi connectivity index (χ4v) is 2.54. The summed E-state index contributed by atoms with van der Waals surface area (Å²) in [5, 5.41) is 19.3. The lowest BCUT2D eigenvalue weighted by Gasteiger charge is -2.03. The summed E-state index contributed by atoms with van der Waals surface area (Å²) in [5.74, 6) is -0.682. The minimum absolute atomic E-state index is 0.312. The van der Waals surface area contributed by atoms with E-state index in [0.717, 1.165) is 32.1 Å². The molecule has 0 fully saturated rings. The zero-order valence-corrected chi connectivity index (χ0v) is 13.8. The minimum atomic E-state index is -0.929. The van der Waals surface area contributed by atoms with Gasteiger partial charge in [0, 0.05) is 13.0 Å². The number of nitrogens with one attached hydrogen (secondary N) is 1. The largest absolute Gasteiger partial charge is 0.481 e. The Kier molecular flexibility index (Phi) is 15.2. The summed E-state index contributed by atoms with van der Waals surface area (Å²) < 4.78 is 0. The van der Waals surface area contributed by atoms with Crippen LogP contribution >= 0.6 is 0 Å². The number of carboxylic acids is 1. The van der Waals surface area contributed by atoms with Crippen LogP contribution in [0.4, 0.5) is 4.79 Å². The zero-order valence-electron chi connectivity index (χ0n) is 13.8. The van der Waals surface area contributed by atoms with Gasteiger partial charge in [0.2, 0.25) is 0 Å². The van der Waals surface area contributed by atoms with E-state index in [-0.39, 0.29) is 0 Å². The normalized spacial score (nSPS) is 10.5. The minimum Gasteiger partial charge on any atom is -0.481 e. The number of aliphatic carboxylic acids is 1. The summed E-state index contributed by atoms with van der Waals surface area (Å²) in [5.41, 5.74) is 0. The lowest BCUT2D eigenvalue weighted by atomic mass is 10.0. The van der Waals surface area contributed by atoms with E-state index < -0.39 is 12.1 Å². The predicted molar refractivity (Wildman–Crippen MR) is 88.3 cm³/mol. The van der Waals surface area contributed by atoms with Crippen LogP contribution in [-0.2, 0) is 4.79 Å². The van der Waals surface area contributed by atoms with Crippen LogP contribution in [0.5, 0.6) is 0 Å². The average molecular weight is 315 g/mol. The molecule has 0 heterocycles. The van der Waals surface area contributed by atoms with Crippen molar-refractivity contribution in [3.05, 3.63) is 0 Å². The van der Waals surface area contributed by atoms with Gasteiger partial charge in [-0.3, -0.25) is 4.79 Å². The van der Waals surface area contributed by atoms with Gasteiger partial charge in [-0.15, -0.1) is 0 Å².